The van der Waals surface area contributed by atoms with Crippen molar-refractivity contribution in [2.45, 2.75) is 25.3 Å². The molecule has 1 aliphatic carbocycles. The van der Waals surface area contributed by atoms with Gasteiger partial charge >= 0.3 is 0 Å². The van der Waals surface area contributed by atoms with Crippen molar-refractivity contribution in [1.82, 2.24) is 10.3 Å². The van der Waals surface area contributed by atoms with Crippen molar-refractivity contribution in [3.63, 3.8) is 0 Å². The molecular weight excluding hydrogens is 383 g/mol. The summed E-state index contributed by atoms with van der Waals surface area (Å²) < 4.78 is 24.8. The number of aromatic nitrogens is 1. The van der Waals surface area contributed by atoms with Gasteiger partial charge in [0.25, 0.3) is 0 Å². The van der Waals surface area contributed by atoms with Crippen LogP contribution in [0.15, 0.2) is 51.3 Å². The van der Waals surface area contributed by atoms with E-state index >= 15 is 0 Å². The molecule has 28 heavy (non-hydrogen) atoms. The van der Waals surface area contributed by atoms with E-state index in [1.54, 1.807) is 30.3 Å². The van der Waals surface area contributed by atoms with Gasteiger partial charge in [-0.2, -0.15) is 0 Å². The second kappa shape index (κ2) is 6.34. The summed E-state index contributed by atoms with van der Waals surface area (Å²) in [5, 5.41) is 4.23. The lowest BCUT2D eigenvalue weighted by molar-refractivity contribution is -0.123. The molecule has 5 rings (SSSR count). The number of nitrogens with zero attached hydrogens (tertiary/aromatic N) is 1. The third-order valence-electron chi connectivity index (χ3n) is 5.09. The molecule has 0 spiro atoms. The van der Waals surface area contributed by atoms with Crippen LogP contribution in [0.4, 0.5) is 4.39 Å². The van der Waals surface area contributed by atoms with E-state index in [1.807, 2.05) is 6.92 Å². The molecule has 0 aliphatic heterocycles. The van der Waals surface area contributed by atoms with Crippen molar-refractivity contribution in [1.29, 1.82) is 0 Å². The van der Waals surface area contributed by atoms with Crippen LogP contribution in [-0.4, -0.2) is 10.9 Å². The van der Waals surface area contributed by atoms with Gasteiger partial charge in [0.05, 0.1) is 12.0 Å². The Kier molecular flexibility index (Phi) is 3.91. The number of oxazole rings is 1. The quantitative estimate of drug-likeness (QED) is 0.503. The van der Waals surface area contributed by atoms with Gasteiger partial charge < -0.3 is 14.2 Å². The fraction of sp³-hybridized carbons (Fsp3) is 0.238. The highest BCUT2D eigenvalue weighted by Crippen LogP contribution is 2.48. The Hall–Kier alpha value is -2.86. The number of halogens is 2. The zero-order chi connectivity index (χ0) is 19.4. The Morgan fingerprint density at radius 2 is 2.04 bits per heavy atom. The average Bonchev–Trinajstić information content (AvgIpc) is 3.17. The number of hydrogen-bond acceptors (Lipinski definition) is 4. The molecule has 0 bridgehead atoms. The maximum absolute atomic E-state index is 13.3. The summed E-state index contributed by atoms with van der Waals surface area (Å²) in [5.74, 6) is 0.518. The van der Waals surface area contributed by atoms with E-state index in [1.165, 1.54) is 12.1 Å². The third kappa shape index (κ3) is 3.03. The summed E-state index contributed by atoms with van der Waals surface area (Å²) in [4.78, 5) is 17.1. The van der Waals surface area contributed by atoms with Gasteiger partial charge in [0, 0.05) is 16.3 Å². The number of rotatable bonds is 4. The maximum Gasteiger partial charge on any atom is 0.224 e. The Morgan fingerprint density at radius 1 is 1.21 bits per heavy atom. The lowest BCUT2D eigenvalue weighted by Crippen LogP contribution is -2.28. The first kappa shape index (κ1) is 17.3. The average molecular weight is 399 g/mol. The molecule has 2 aromatic heterocycles. The van der Waals surface area contributed by atoms with Crippen LogP contribution in [0.25, 0.3) is 22.1 Å². The Morgan fingerprint density at radius 3 is 2.89 bits per heavy atom. The van der Waals surface area contributed by atoms with Gasteiger partial charge in [0.1, 0.15) is 22.7 Å². The number of furan rings is 1. The number of carbonyl (C=O) groups excluding carboxylic acids is 1. The van der Waals surface area contributed by atoms with Gasteiger partial charge in [-0.3, -0.25) is 4.79 Å². The maximum atomic E-state index is 13.3. The van der Waals surface area contributed by atoms with E-state index in [0.29, 0.717) is 45.2 Å². The minimum atomic E-state index is -0.327. The smallest absolute Gasteiger partial charge is 0.224 e. The van der Waals surface area contributed by atoms with E-state index in [9.17, 15) is 9.18 Å². The van der Waals surface area contributed by atoms with E-state index in [2.05, 4.69) is 10.3 Å². The van der Waals surface area contributed by atoms with Gasteiger partial charge in [-0.15, -0.1) is 0 Å². The van der Waals surface area contributed by atoms with Gasteiger partial charge in [-0.25, -0.2) is 9.37 Å². The number of nitrogens with one attached hydrogen (secondary N) is 1. The van der Waals surface area contributed by atoms with Crippen LogP contribution >= 0.6 is 11.6 Å². The molecule has 1 saturated carbocycles. The van der Waals surface area contributed by atoms with Crippen LogP contribution in [0.5, 0.6) is 0 Å². The lowest BCUT2D eigenvalue weighted by Gasteiger charge is -2.10. The van der Waals surface area contributed by atoms with E-state index in [4.69, 9.17) is 20.4 Å². The summed E-state index contributed by atoms with van der Waals surface area (Å²) in [6.45, 7) is 1.84. The van der Waals surface area contributed by atoms with Crippen molar-refractivity contribution in [3.8, 4) is 0 Å². The number of benzene rings is 2. The third-order valence-corrected chi connectivity index (χ3v) is 5.33. The molecule has 0 saturated heterocycles. The zero-order valence-electron chi connectivity index (χ0n) is 14.9. The zero-order valence-corrected chi connectivity index (χ0v) is 15.7. The van der Waals surface area contributed by atoms with Crippen molar-refractivity contribution in [3.05, 3.63) is 65.0 Å². The molecular formula is C21H16ClFN2O3. The van der Waals surface area contributed by atoms with Crippen molar-refractivity contribution >= 4 is 39.6 Å². The van der Waals surface area contributed by atoms with Crippen LogP contribution in [0.1, 0.15) is 37.0 Å². The second-order valence-electron chi connectivity index (χ2n) is 7.17. The van der Waals surface area contributed by atoms with Gasteiger partial charge in [0.15, 0.2) is 11.5 Å². The van der Waals surface area contributed by atoms with E-state index < -0.39 is 0 Å². The molecule has 142 valence electrons. The molecule has 7 heteroatoms. The standard InChI is InChI=1S/C21H16ClFN2O3/c1-10(19-7-11-6-13(23)3-5-17(11)27-19)24-20(26)14-9-15(14)21-25-16-8-12(22)2-4-18(16)28-21/h2-8,10,14-15H,9H2,1H3,(H,24,26)/t10-,14?,15?/m1/s1. The Labute approximate surface area is 164 Å². The summed E-state index contributed by atoms with van der Waals surface area (Å²) in [6.07, 6.45) is 0.685. The molecule has 5 nitrogen and oxygen atoms in total. The van der Waals surface area contributed by atoms with E-state index in [0.717, 1.165) is 0 Å². The van der Waals surface area contributed by atoms with Crippen LogP contribution in [0.3, 0.4) is 0 Å². The largest absolute Gasteiger partial charge is 0.459 e. The highest BCUT2D eigenvalue weighted by molar-refractivity contribution is 6.31. The van der Waals surface area contributed by atoms with Gasteiger partial charge in [-0.1, -0.05) is 11.6 Å². The molecule has 1 aliphatic rings. The summed E-state index contributed by atoms with van der Waals surface area (Å²) in [6, 6.07) is 11.0. The minimum absolute atomic E-state index is 0.0388. The molecule has 2 unspecified atom stereocenters. The molecule has 1 fully saturated rings. The monoisotopic (exact) mass is 398 g/mol. The fourth-order valence-corrected chi connectivity index (χ4v) is 3.64. The van der Waals surface area contributed by atoms with Gasteiger partial charge in [-0.05, 0) is 55.8 Å². The normalized spacial score (nSPS) is 19.8. The highest BCUT2D eigenvalue weighted by atomic mass is 35.5. The predicted molar refractivity (Wildman–Crippen MR) is 103 cm³/mol. The van der Waals surface area contributed by atoms with Crippen molar-refractivity contribution < 1.29 is 18.0 Å². The molecule has 0 radical (unpaired) electrons. The fourth-order valence-electron chi connectivity index (χ4n) is 3.47. The minimum Gasteiger partial charge on any atom is -0.459 e. The first-order valence-electron chi connectivity index (χ1n) is 9.03. The predicted octanol–water partition coefficient (Wildman–Crippen LogP) is 5.35. The number of fused-ring (bicyclic) bond motifs is 2. The topological polar surface area (TPSA) is 68.3 Å². The number of amides is 1. The van der Waals surface area contributed by atoms with Gasteiger partial charge in [0.2, 0.25) is 5.91 Å². The van der Waals surface area contributed by atoms with Crippen molar-refractivity contribution in [2.75, 3.05) is 0 Å². The lowest BCUT2D eigenvalue weighted by atomic mass is 10.2. The van der Waals surface area contributed by atoms with Crippen LogP contribution in [0, 0.1) is 11.7 Å². The highest BCUT2D eigenvalue weighted by Gasteiger charge is 2.47. The molecule has 4 aromatic rings. The Bertz CT molecular complexity index is 1220. The molecule has 2 aromatic carbocycles. The first-order valence-corrected chi connectivity index (χ1v) is 9.41. The van der Waals surface area contributed by atoms with Crippen LogP contribution in [0.2, 0.25) is 5.02 Å². The molecule has 3 atom stereocenters. The molecule has 1 amide bonds. The molecule has 2 heterocycles. The second-order valence-corrected chi connectivity index (χ2v) is 7.61. The van der Waals surface area contributed by atoms with E-state index in [-0.39, 0.29) is 29.6 Å². The summed E-state index contributed by atoms with van der Waals surface area (Å²) in [5.41, 5.74) is 1.94. The van der Waals surface area contributed by atoms with Crippen LogP contribution < -0.4 is 5.32 Å². The summed E-state index contributed by atoms with van der Waals surface area (Å²) >= 11 is 5.98. The Balaban J connectivity index is 1.28. The van der Waals surface area contributed by atoms with Crippen LogP contribution in [-0.2, 0) is 4.79 Å². The molecule has 1 N–H and O–H groups in total. The first-order chi connectivity index (χ1) is 13.5. The SMILES string of the molecule is C[C@@H](NC(=O)C1CC1c1nc2cc(Cl)ccc2o1)c1cc2cc(F)ccc2o1. The number of carbonyl (C=O) groups is 1. The summed E-state index contributed by atoms with van der Waals surface area (Å²) in [7, 11) is 0. The number of hydrogen-bond donors (Lipinski definition) is 1. The van der Waals surface area contributed by atoms with Crippen molar-refractivity contribution in [2.24, 2.45) is 5.92 Å².